The summed E-state index contributed by atoms with van der Waals surface area (Å²) in [5.74, 6) is 1.58. The first-order chi connectivity index (χ1) is 9.24. The van der Waals surface area contributed by atoms with Gasteiger partial charge in [-0.1, -0.05) is 28.1 Å². The molecule has 102 valence electrons. The molecule has 0 fully saturated rings. The largest absolute Gasteiger partial charge is 0.490 e. The maximum Gasteiger partial charge on any atom is 0.165 e. The van der Waals surface area contributed by atoms with Crippen molar-refractivity contribution in [2.45, 2.75) is 18.9 Å². The van der Waals surface area contributed by atoms with Crippen molar-refractivity contribution in [1.29, 1.82) is 0 Å². The van der Waals surface area contributed by atoms with Gasteiger partial charge in [0.25, 0.3) is 0 Å². The number of para-hydroxylation sites is 1. The van der Waals surface area contributed by atoms with Crippen LogP contribution in [0.3, 0.4) is 0 Å². The van der Waals surface area contributed by atoms with Gasteiger partial charge >= 0.3 is 0 Å². The second-order valence-corrected chi connectivity index (χ2v) is 4.68. The van der Waals surface area contributed by atoms with Crippen LogP contribution in [0.4, 0.5) is 0 Å². The average Bonchev–Trinajstić information content (AvgIpc) is 2.83. The quantitative estimate of drug-likeness (QED) is 0.765. The fourth-order valence-electron chi connectivity index (χ4n) is 1.80. The summed E-state index contributed by atoms with van der Waals surface area (Å²) >= 11 is 3.47. The summed E-state index contributed by atoms with van der Waals surface area (Å²) in [6.45, 7) is 3.07. The summed E-state index contributed by atoms with van der Waals surface area (Å²) in [5.41, 5.74) is 2.11. The Morgan fingerprint density at radius 3 is 2.79 bits per heavy atom. The summed E-state index contributed by atoms with van der Waals surface area (Å²) < 4.78 is 13.3. The third-order valence-corrected chi connectivity index (χ3v) is 3.25. The number of aryl methyl sites for hydroxylation is 1. The Balaban J connectivity index is 2.17. The Bertz CT molecular complexity index is 540. The van der Waals surface area contributed by atoms with Crippen LogP contribution in [-0.4, -0.2) is 16.4 Å². The molecule has 0 radical (unpaired) electrons. The van der Waals surface area contributed by atoms with Crippen LogP contribution in [0.1, 0.15) is 18.1 Å². The number of alkyl halides is 1. The van der Waals surface area contributed by atoms with Crippen molar-refractivity contribution in [2.24, 2.45) is 7.05 Å². The molecular formula is C14H17BrN2O2. The Labute approximate surface area is 121 Å². The number of aromatic nitrogens is 2. The van der Waals surface area contributed by atoms with Gasteiger partial charge in [-0.05, 0) is 13.0 Å². The molecule has 1 aromatic carbocycles. The highest BCUT2D eigenvalue weighted by molar-refractivity contribution is 9.08. The van der Waals surface area contributed by atoms with Gasteiger partial charge in [-0.15, -0.1) is 0 Å². The van der Waals surface area contributed by atoms with Crippen LogP contribution in [0.5, 0.6) is 11.5 Å². The average molecular weight is 325 g/mol. The highest BCUT2D eigenvalue weighted by Crippen LogP contribution is 2.33. The van der Waals surface area contributed by atoms with E-state index in [-0.39, 0.29) is 0 Å². The molecular weight excluding hydrogens is 308 g/mol. The van der Waals surface area contributed by atoms with Gasteiger partial charge in [0.15, 0.2) is 11.5 Å². The summed E-state index contributed by atoms with van der Waals surface area (Å²) in [5, 5.41) is 4.86. The van der Waals surface area contributed by atoms with E-state index in [0.717, 1.165) is 28.0 Å². The topological polar surface area (TPSA) is 36.3 Å². The van der Waals surface area contributed by atoms with Gasteiger partial charge in [0, 0.05) is 29.7 Å². The molecule has 0 bridgehead atoms. The Hall–Kier alpha value is -1.49. The number of hydrogen-bond donors (Lipinski definition) is 0. The van der Waals surface area contributed by atoms with Crippen LogP contribution in [0.15, 0.2) is 30.6 Å². The predicted molar refractivity (Wildman–Crippen MR) is 77.8 cm³/mol. The second-order valence-electron chi connectivity index (χ2n) is 4.12. The summed E-state index contributed by atoms with van der Waals surface area (Å²) in [6, 6.07) is 5.92. The van der Waals surface area contributed by atoms with Crippen molar-refractivity contribution in [1.82, 2.24) is 9.78 Å². The van der Waals surface area contributed by atoms with E-state index in [9.17, 15) is 0 Å². The molecule has 0 aliphatic carbocycles. The zero-order valence-electron chi connectivity index (χ0n) is 11.1. The minimum Gasteiger partial charge on any atom is -0.490 e. The van der Waals surface area contributed by atoms with Crippen LogP contribution < -0.4 is 9.47 Å². The molecule has 0 atom stereocenters. The lowest BCUT2D eigenvalue weighted by Gasteiger charge is -2.14. The Morgan fingerprint density at radius 2 is 2.16 bits per heavy atom. The SMILES string of the molecule is CCOc1cccc(CBr)c1OCc1cnn(C)c1. The summed E-state index contributed by atoms with van der Waals surface area (Å²) in [4.78, 5) is 0. The molecule has 1 heterocycles. The number of nitrogens with zero attached hydrogens (tertiary/aromatic N) is 2. The smallest absolute Gasteiger partial charge is 0.165 e. The predicted octanol–water partition coefficient (Wildman–Crippen LogP) is 3.29. The molecule has 1 aromatic heterocycles. The number of hydrogen-bond acceptors (Lipinski definition) is 3. The normalized spacial score (nSPS) is 10.5. The standard InChI is InChI=1S/C14H17BrN2O2/c1-3-18-13-6-4-5-12(7-15)14(13)19-10-11-8-16-17(2)9-11/h4-6,8-9H,3,7,10H2,1-2H3. The van der Waals surface area contributed by atoms with Gasteiger partial charge in [0.2, 0.25) is 0 Å². The van der Waals surface area contributed by atoms with Crippen LogP contribution in [-0.2, 0) is 19.0 Å². The number of benzene rings is 1. The van der Waals surface area contributed by atoms with E-state index >= 15 is 0 Å². The third-order valence-electron chi connectivity index (χ3n) is 2.65. The monoisotopic (exact) mass is 324 g/mol. The third kappa shape index (κ3) is 3.50. The number of ether oxygens (including phenoxy) is 2. The minimum atomic E-state index is 0.484. The van der Waals surface area contributed by atoms with E-state index in [2.05, 4.69) is 21.0 Å². The fraction of sp³-hybridized carbons (Fsp3) is 0.357. The van der Waals surface area contributed by atoms with Gasteiger partial charge in [0.05, 0.1) is 12.8 Å². The second kappa shape index (κ2) is 6.61. The molecule has 0 amide bonds. The van der Waals surface area contributed by atoms with Gasteiger partial charge < -0.3 is 9.47 Å². The van der Waals surface area contributed by atoms with Crippen molar-refractivity contribution < 1.29 is 9.47 Å². The summed E-state index contributed by atoms with van der Waals surface area (Å²) in [7, 11) is 1.89. The maximum atomic E-state index is 5.90. The molecule has 2 aromatic rings. The van der Waals surface area contributed by atoms with Gasteiger partial charge in [-0.25, -0.2) is 0 Å². The van der Waals surface area contributed by atoms with Crippen molar-refractivity contribution in [3.63, 3.8) is 0 Å². The van der Waals surface area contributed by atoms with E-state index in [1.54, 1.807) is 10.9 Å². The highest BCUT2D eigenvalue weighted by atomic mass is 79.9. The van der Waals surface area contributed by atoms with E-state index in [1.807, 2.05) is 38.4 Å². The van der Waals surface area contributed by atoms with E-state index < -0.39 is 0 Å². The lowest BCUT2D eigenvalue weighted by Crippen LogP contribution is -2.01. The Kier molecular flexibility index (Phi) is 4.85. The molecule has 0 N–H and O–H groups in total. The first kappa shape index (κ1) is 13.9. The van der Waals surface area contributed by atoms with E-state index in [4.69, 9.17) is 9.47 Å². The molecule has 0 aliphatic heterocycles. The lowest BCUT2D eigenvalue weighted by atomic mass is 10.2. The van der Waals surface area contributed by atoms with E-state index in [1.165, 1.54) is 0 Å². The van der Waals surface area contributed by atoms with Crippen molar-refractivity contribution in [3.8, 4) is 11.5 Å². The van der Waals surface area contributed by atoms with Gasteiger partial charge in [-0.3, -0.25) is 4.68 Å². The summed E-state index contributed by atoms with van der Waals surface area (Å²) in [6.07, 6.45) is 3.74. The molecule has 0 unspecified atom stereocenters. The zero-order valence-corrected chi connectivity index (χ0v) is 12.7. The first-order valence-electron chi connectivity index (χ1n) is 6.15. The van der Waals surface area contributed by atoms with Gasteiger partial charge in [-0.2, -0.15) is 5.10 Å². The van der Waals surface area contributed by atoms with Crippen LogP contribution in [0.2, 0.25) is 0 Å². The lowest BCUT2D eigenvalue weighted by molar-refractivity contribution is 0.267. The first-order valence-corrected chi connectivity index (χ1v) is 7.27. The molecule has 19 heavy (non-hydrogen) atoms. The Morgan fingerprint density at radius 1 is 1.32 bits per heavy atom. The molecule has 0 saturated carbocycles. The molecule has 0 spiro atoms. The van der Waals surface area contributed by atoms with Crippen LogP contribution in [0.25, 0.3) is 0 Å². The molecule has 0 saturated heterocycles. The maximum absolute atomic E-state index is 5.90. The highest BCUT2D eigenvalue weighted by Gasteiger charge is 2.10. The molecule has 2 rings (SSSR count). The minimum absolute atomic E-state index is 0.484. The van der Waals surface area contributed by atoms with E-state index in [0.29, 0.717) is 13.2 Å². The van der Waals surface area contributed by atoms with Crippen LogP contribution >= 0.6 is 15.9 Å². The van der Waals surface area contributed by atoms with Crippen molar-refractivity contribution in [3.05, 3.63) is 41.7 Å². The zero-order chi connectivity index (χ0) is 13.7. The van der Waals surface area contributed by atoms with Crippen molar-refractivity contribution >= 4 is 15.9 Å². The number of rotatable bonds is 6. The fourth-order valence-corrected chi connectivity index (χ4v) is 2.24. The van der Waals surface area contributed by atoms with Crippen molar-refractivity contribution in [2.75, 3.05) is 6.61 Å². The van der Waals surface area contributed by atoms with Crippen LogP contribution in [0, 0.1) is 0 Å². The molecule has 0 aliphatic rings. The molecule has 4 nitrogen and oxygen atoms in total. The van der Waals surface area contributed by atoms with Gasteiger partial charge in [0.1, 0.15) is 6.61 Å². The number of halogens is 1. The molecule has 5 heteroatoms.